The molecule has 0 fully saturated rings. The molecule has 4 aromatic rings. The highest BCUT2D eigenvalue weighted by molar-refractivity contribution is 6.03. The van der Waals surface area contributed by atoms with Crippen LogP contribution in [0.15, 0.2) is 59.5 Å². The summed E-state index contributed by atoms with van der Waals surface area (Å²) in [6, 6.07) is 15.1. The Hall–Kier alpha value is -2.88. The first kappa shape index (κ1) is 11.9. The number of hydrogen-bond donors (Lipinski definition) is 1. The molecule has 0 radical (unpaired) electrons. The lowest BCUT2D eigenvalue weighted by Crippen LogP contribution is -1.97. The summed E-state index contributed by atoms with van der Waals surface area (Å²) in [4.78, 5) is 15.9. The van der Waals surface area contributed by atoms with Crippen molar-refractivity contribution >= 4 is 21.8 Å². The second-order valence-corrected chi connectivity index (χ2v) is 5.09. The smallest absolute Gasteiger partial charge is 0.180 e. The predicted octanol–water partition coefficient (Wildman–Crippen LogP) is 3.18. The molecule has 0 bridgehead atoms. The van der Waals surface area contributed by atoms with E-state index in [0.717, 1.165) is 33.2 Å². The van der Waals surface area contributed by atoms with Crippen LogP contribution in [0.2, 0.25) is 0 Å². The fourth-order valence-electron chi connectivity index (χ4n) is 2.72. The van der Waals surface area contributed by atoms with Crippen LogP contribution in [0.1, 0.15) is 5.69 Å². The topological polar surface area (TPSA) is 50.7 Å². The number of fused-ring (bicyclic) bond motifs is 3. The molecule has 1 N–H and O–H groups in total. The lowest BCUT2D eigenvalue weighted by atomic mass is 10.1. The molecule has 4 rings (SSSR count). The summed E-state index contributed by atoms with van der Waals surface area (Å²) in [5, 5.41) is 5.44. The fraction of sp³-hybridized carbons (Fsp3) is 0.0588. The Morgan fingerprint density at radius 2 is 1.86 bits per heavy atom. The highest BCUT2D eigenvalue weighted by atomic mass is 16.1. The zero-order valence-electron chi connectivity index (χ0n) is 11.5. The van der Waals surface area contributed by atoms with Crippen LogP contribution in [-0.4, -0.2) is 14.8 Å². The first-order chi connectivity index (χ1) is 10.2. The summed E-state index contributed by atoms with van der Waals surface area (Å²) >= 11 is 0. The van der Waals surface area contributed by atoms with E-state index in [4.69, 9.17) is 0 Å². The predicted molar refractivity (Wildman–Crippen MR) is 83.9 cm³/mol. The van der Waals surface area contributed by atoms with Crippen molar-refractivity contribution < 1.29 is 0 Å². The Labute approximate surface area is 120 Å². The number of H-pyrrole nitrogens is 1. The number of aromatic nitrogens is 3. The van der Waals surface area contributed by atoms with Gasteiger partial charge in [-0.05, 0) is 31.2 Å². The van der Waals surface area contributed by atoms with Crippen molar-refractivity contribution in [3.05, 3.63) is 70.6 Å². The quantitative estimate of drug-likeness (QED) is 0.580. The van der Waals surface area contributed by atoms with Gasteiger partial charge in [0.15, 0.2) is 5.43 Å². The number of benzene rings is 2. The summed E-state index contributed by atoms with van der Waals surface area (Å²) in [5.41, 5.74) is 3.86. The number of hydrogen-bond acceptors (Lipinski definition) is 2. The molecule has 2 heterocycles. The van der Waals surface area contributed by atoms with E-state index in [-0.39, 0.29) is 5.43 Å². The first-order valence-electron chi connectivity index (χ1n) is 6.79. The zero-order chi connectivity index (χ0) is 14.4. The monoisotopic (exact) mass is 275 g/mol. The standard InChI is InChI=1S/C17H13N3O/c1-11-15-10-18-16-9-13(21)7-8-14(16)17(15)19-20(11)12-5-3-2-4-6-12/h2-10,19H,1H3. The molecule has 4 heteroatoms. The van der Waals surface area contributed by atoms with Gasteiger partial charge >= 0.3 is 0 Å². The minimum Gasteiger partial charge on any atom is -0.293 e. The third-order valence-corrected chi connectivity index (χ3v) is 3.80. The Bertz CT molecular complexity index is 1010. The molecule has 2 aromatic carbocycles. The van der Waals surface area contributed by atoms with E-state index >= 15 is 0 Å². The van der Waals surface area contributed by atoms with Gasteiger partial charge in [-0.3, -0.25) is 19.6 Å². The van der Waals surface area contributed by atoms with Crippen LogP contribution in [0.4, 0.5) is 0 Å². The van der Waals surface area contributed by atoms with Crippen LogP contribution in [-0.2, 0) is 0 Å². The van der Waals surface area contributed by atoms with Gasteiger partial charge in [0, 0.05) is 28.7 Å². The van der Waals surface area contributed by atoms with E-state index in [2.05, 4.69) is 17.0 Å². The average Bonchev–Trinajstić information content (AvgIpc) is 2.85. The molecule has 0 amide bonds. The van der Waals surface area contributed by atoms with E-state index in [9.17, 15) is 4.79 Å². The lowest BCUT2D eigenvalue weighted by Gasteiger charge is -2.04. The number of nitrogens with one attached hydrogen (secondary N) is 1. The Morgan fingerprint density at radius 3 is 2.67 bits per heavy atom. The number of rotatable bonds is 1. The molecule has 0 aliphatic rings. The maximum absolute atomic E-state index is 11.5. The van der Waals surface area contributed by atoms with E-state index < -0.39 is 0 Å². The molecule has 0 saturated carbocycles. The fourth-order valence-corrected chi connectivity index (χ4v) is 2.72. The van der Waals surface area contributed by atoms with Crippen LogP contribution in [0.3, 0.4) is 0 Å². The number of aryl methyl sites for hydroxylation is 1. The molecular formula is C17H13N3O. The number of pyridine rings is 1. The van der Waals surface area contributed by atoms with Gasteiger partial charge < -0.3 is 0 Å². The summed E-state index contributed by atoms with van der Waals surface area (Å²) in [5.74, 6) is 0. The van der Waals surface area contributed by atoms with Crippen molar-refractivity contribution in [3.63, 3.8) is 0 Å². The van der Waals surface area contributed by atoms with Crippen molar-refractivity contribution in [2.45, 2.75) is 6.92 Å². The largest absolute Gasteiger partial charge is 0.293 e. The van der Waals surface area contributed by atoms with Crippen LogP contribution in [0, 0.1) is 6.92 Å². The molecule has 0 spiro atoms. The minimum absolute atomic E-state index is 0.0198. The number of para-hydroxylation sites is 1. The Balaban J connectivity index is 2.10. The lowest BCUT2D eigenvalue weighted by molar-refractivity contribution is 0.862. The summed E-state index contributed by atoms with van der Waals surface area (Å²) in [6.07, 6.45) is 1.82. The Kier molecular flexibility index (Phi) is 2.44. The molecule has 0 aliphatic heterocycles. The number of aromatic amines is 1. The molecule has 0 atom stereocenters. The third-order valence-electron chi connectivity index (χ3n) is 3.80. The number of nitrogens with zero attached hydrogens (tertiary/aromatic N) is 2. The van der Waals surface area contributed by atoms with Gasteiger partial charge in [-0.25, -0.2) is 0 Å². The van der Waals surface area contributed by atoms with E-state index in [1.165, 1.54) is 0 Å². The average molecular weight is 275 g/mol. The molecule has 2 aromatic heterocycles. The highest BCUT2D eigenvalue weighted by Crippen LogP contribution is 2.25. The SMILES string of the molecule is Cc1c2cnc3cc(=O)ccc3c2[nH]n1-c1ccccc1. The molecule has 102 valence electrons. The maximum Gasteiger partial charge on any atom is 0.180 e. The first-order valence-corrected chi connectivity index (χ1v) is 6.79. The van der Waals surface area contributed by atoms with Gasteiger partial charge in [0.2, 0.25) is 0 Å². The van der Waals surface area contributed by atoms with Crippen molar-refractivity contribution in [3.8, 4) is 5.69 Å². The molecular weight excluding hydrogens is 262 g/mol. The van der Waals surface area contributed by atoms with Crippen molar-refractivity contribution in [2.75, 3.05) is 0 Å². The van der Waals surface area contributed by atoms with E-state index in [1.807, 2.05) is 47.3 Å². The second-order valence-electron chi connectivity index (χ2n) is 5.09. The minimum atomic E-state index is -0.0198. The normalized spacial score (nSPS) is 11.3. The van der Waals surface area contributed by atoms with Gasteiger partial charge in [0.05, 0.1) is 16.7 Å². The molecule has 0 unspecified atom stereocenters. The van der Waals surface area contributed by atoms with Crippen LogP contribution in [0.25, 0.3) is 27.5 Å². The third kappa shape index (κ3) is 1.76. The zero-order valence-corrected chi connectivity index (χ0v) is 11.5. The van der Waals surface area contributed by atoms with Gasteiger partial charge in [0.25, 0.3) is 0 Å². The summed E-state index contributed by atoms with van der Waals surface area (Å²) in [7, 11) is 0. The van der Waals surface area contributed by atoms with Gasteiger partial charge in [0.1, 0.15) is 0 Å². The molecule has 0 aliphatic carbocycles. The van der Waals surface area contributed by atoms with Gasteiger partial charge in [-0.2, -0.15) is 0 Å². The van der Waals surface area contributed by atoms with Gasteiger partial charge in [-0.15, -0.1) is 0 Å². The van der Waals surface area contributed by atoms with Crippen molar-refractivity contribution in [2.24, 2.45) is 0 Å². The Morgan fingerprint density at radius 1 is 1.05 bits per heavy atom. The molecule has 0 saturated heterocycles. The van der Waals surface area contributed by atoms with Crippen LogP contribution in [0.5, 0.6) is 0 Å². The van der Waals surface area contributed by atoms with E-state index in [1.54, 1.807) is 12.1 Å². The van der Waals surface area contributed by atoms with Gasteiger partial charge in [-0.1, -0.05) is 18.2 Å². The van der Waals surface area contributed by atoms with Crippen LogP contribution < -0.4 is 5.43 Å². The molecule has 4 nitrogen and oxygen atoms in total. The van der Waals surface area contributed by atoms with Crippen molar-refractivity contribution in [1.82, 2.24) is 14.8 Å². The maximum atomic E-state index is 11.5. The van der Waals surface area contributed by atoms with Crippen LogP contribution >= 0.6 is 0 Å². The van der Waals surface area contributed by atoms with E-state index in [0.29, 0.717) is 0 Å². The van der Waals surface area contributed by atoms with Crippen molar-refractivity contribution in [1.29, 1.82) is 0 Å². The second kappa shape index (κ2) is 4.31. The highest BCUT2D eigenvalue weighted by Gasteiger charge is 2.10. The molecule has 21 heavy (non-hydrogen) atoms. The summed E-state index contributed by atoms with van der Waals surface area (Å²) in [6.45, 7) is 2.06. The summed E-state index contributed by atoms with van der Waals surface area (Å²) < 4.78 is 2.04.